The lowest BCUT2D eigenvalue weighted by atomic mass is 9.92. The molecule has 0 aromatic carbocycles. The van der Waals surface area contributed by atoms with Crippen molar-refractivity contribution >= 4 is 17.9 Å². The third-order valence-corrected chi connectivity index (χ3v) is 12.6. The normalized spacial score (nSPS) is 12.2. The first-order valence-electron chi connectivity index (χ1n) is 26.0. The monoisotopic (exact) mass is 836 g/mol. The molecule has 0 bridgehead atoms. The predicted octanol–water partition coefficient (Wildman–Crippen LogP) is 15.1. The molecule has 0 aromatic heterocycles. The van der Waals surface area contributed by atoms with Crippen LogP contribution in [0.3, 0.4) is 0 Å². The third-order valence-electron chi connectivity index (χ3n) is 12.6. The predicted molar refractivity (Wildman–Crippen MR) is 251 cm³/mol. The molecule has 1 atom stereocenters. The van der Waals surface area contributed by atoms with Gasteiger partial charge in [0.2, 0.25) is 0 Å². The molecule has 0 radical (unpaired) electrons. The fourth-order valence-corrected chi connectivity index (χ4v) is 8.32. The van der Waals surface area contributed by atoms with Gasteiger partial charge in [0.1, 0.15) is 0 Å². The summed E-state index contributed by atoms with van der Waals surface area (Å²) in [6.45, 7) is 14.8. The maximum Gasteiger partial charge on any atom is 0.308 e. The lowest BCUT2D eigenvalue weighted by Crippen LogP contribution is -2.23. The molecule has 1 unspecified atom stereocenters. The van der Waals surface area contributed by atoms with Crippen LogP contribution < -0.4 is 0 Å². The van der Waals surface area contributed by atoms with Crippen LogP contribution in [0.5, 0.6) is 0 Å². The van der Waals surface area contributed by atoms with E-state index in [0.29, 0.717) is 44.5 Å². The fraction of sp³-hybridized carbons (Fsp3) is 0.942. The number of rotatable bonds is 46. The highest BCUT2D eigenvalue weighted by molar-refractivity contribution is 5.72. The van der Waals surface area contributed by atoms with Crippen LogP contribution >= 0.6 is 0 Å². The number of ether oxygens (including phenoxy) is 3. The maximum atomic E-state index is 13.1. The van der Waals surface area contributed by atoms with Gasteiger partial charge in [-0.15, -0.1) is 0 Å². The minimum atomic E-state index is -0.0383. The third kappa shape index (κ3) is 39.0. The van der Waals surface area contributed by atoms with E-state index >= 15 is 0 Å². The molecule has 0 aliphatic carbocycles. The molecule has 0 spiro atoms. The topological polar surface area (TPSA) is 82.1 Å². The fourth-order valence-electron chi connectivity index (χ4n) is 8.32. The van der Waals surface area contributed by atoms with Crippen molar-refractivity contribution in [2.75, 3.05) is 40.0 Å². The smallest absolute Gasteiger partial charge is 0.308 e. The molecule has 350 valence electrons. The molecular weight excluding hydrogens is 735 g/mol. The Hall–Kier alpha value is -1.63. The molecule has 0 rings (SSSR count). The SMILES string of the molecule is CCCCCC(CCCCC)CCOC(=O)CCCCCCCCCC(CCCCCCCC(=O)OCCC(CCCCC)CCCCC)C(=O)OCCCN(C)CC. The van der Waals surface area contributed by atoms with Gasteiger partial charge >= 0.3 is 17.9 Å². The highest BCUT2D eigenvalue weighted by Gasteiger charge is 2.20. The summed E-state index contributed by atoms with van der Waals surface area (Å²) in [7, 11) is 2.10. The van der Waals surface area contributed by atoms with Crippen molar-refractivity contribution in [3.8, 4) is 0 Å². The molecule has 0 fully saturated rings. The summed E-state index contributed by atoms with van der Waals surface area (Å²) in [5.74, 6) is 1.30. The molecule has 0 aliphatic rings. The van der Waals surface area contributed by atoms with E-state index in [1.54, 1.807) is 0 Å². The Labute approximate surface area is 367 Å². The Bertz CT molecular complexity index is 907. The first-order chi connectivity index (χ1) is 28.8. The second kappa shape index (κ2) is 44.4. The van der Waals surface area contributed by atoms with Crippen LogP contribution in [0.25, 0.3) is 0 Å². The number of unbranched alkanes of at least 4 members (excludes halogenated alkanes) is 18. The van der Waals surface area contributed by atoms with Gasteiger partial charge < -0.3 is 19.1 Å². The van der Waals surface area contributed by atoms with Crippen molar-refractivity contribution < 1.29 is 28.6 Å². The molecule has 0 saturated heterocycles. The van der Waals surface area contributed by atoms with Crippen molar-refractivity contribution in [1.82, 2.24) is 4.90 Å². The van der Waals surface area contributed by atoms with E-state index in [4.69, 9.17) is 14.2 Å². The van der Waals surface area contributed by atoms with E-state index in [9.17, 15) is 14.4 Å². The van der Waals surface area contributed by atoms with Crippen molar-refractivity contribution in [2.24, 2.45) is 17.8 Å². The Kier molecular flexibility index (Phi) is 43.2. The van der Waals surface area contributed by atoms with Gasteiger partial charge in [-0.25, -0.2) is 0 Å². The number of carbonyl (C=O) groups excluding carboxylic acids is 3. The summed E-state index contributed by atoms with van der Waals surface area (Å²) in [6, 6.07) is 0. The Morgan fingerprint density at radius 3 is 1.12 bits per heavy atom. The van der Waals surface area contributed by atoms with E-state index in [-0.39, 0.29) is 23.8 Å². The average Bonchev–Trinajstić information content (AvgIpc) is 3.23. The highest BCUT2D eigenvalue weighted by atomic mass is 16.5. The van der Waals surface area contributed by atoms with Crippen LogP contribution in [-0.2, 0) is 28.6 Å². The molecule has 0 amide bonds. The first kappa shape index (κ1) is 57.4. The molecule has 0 heterocycles. The molecule has 0 aliphatic heterocycles. The second-order valence-electron chi connectivity index (χ2n) is 18.2. The lowest BCUT2D eigenvalue weighted by molar-refractivity contribution is -0.149. The zero-order valence-corrected chi connectivity index (χ0v) is 40.4. The number of hydrogen-bond acceptors (Lipinski definition) is 7. The number of carbonyl (C=O) groups is 3. The zero-order valence-electron chi connectivity index (χ0n) is 40.4. The van der Waals surface area contributed by atoms with Crippen molar-refractivity contribution in [1.29, 1.82) is 0 Å². The highest BCUT2D eigenvalue weighted by Crippen LogP contribution is 2.24. The summed E-state index contributed by atoms with van der Waals surface area (Å²) in [5, 5.41) is 0. The summed E-state index contributed by atoms with van der Waals surface area (Å²) >= 11 is 0. The lowest BCUT2D eigenvalue weighted by Gasteiger charge is -2.17. The summed E-state index contributed by atoms with van der Waals surface area (Å²) in [4.78, 5) is 40.2. The summed E-state index contributed by atoms with van der Waals surface area (Å²) < 4.78 is 17.1. The van der Waals surface area contributed by atoms with Gasteiger partial charge in [0, 0.05) is 19.4 Å². The van der Waals surface area contributed by atoms with Crippen LogP contribution in [0.15, 0.2) is 0 Å². The Morgan fingerprint density at radius 2 is 0.746 bits per heavy atom. The number of hydrogen-bond donors (Lipinski definition) is 0. The van der Waals surface area contributed by atoms with Crippen LogP contribution in [0.1, 0.15) is 259 Å². The van der Waals surface area contributed by atoms with E-state index in [1.807, 2.05) is 0 Å². The molecule has 7 nitrogen and oxygen atoms in total. The molecule has 0 N–H and O–H groups in total. The van der Waals surface area contributed by atoms with Gasteiger partial charge in [0.05, 0.1) is 25.7 Å². The Balaban J connectivity index is 4.34. The van der Waals surface area contributed by atoms with Crippen molar-refractivity contribution in [3.05, 3.63) is 0 Å². The molecule has 0 aromatic rings. The van der Waals surface area contributed by atoms with E-state index in [2.05, 4.69) is 46.6 Å². The molecule has 7 heteroatoms. The van der Waals surface area contributed by atoms with Gasteiger partial charge in [0.25, 0.3) is 0 Å². The quantitative estimate of drug-likeness (QED) is 0.0343. The largest absolute Gasteiger partial charge is 0.466 e. The minimum absolute atomic E-state index is 0.0137. The van der Waals surface area contributed by atoms with Gasteiger partial charge in [-0.05, 0) is 70.4 Å². The van der Waals surface area contributed by atoms with E-state index < -0.39 is 0 Å². The zero-order chi connectivity index (χ0) is 43.4. The first-order valence-corrected chi connectivity index (χ1v) is 26.0. The Morgan fingerprint density at radius 1 is 0.390 bits per heavy atom. The maximum absolute atomic E-state index is 13.1. The van der Waals surface area contributed by atoms with Gasteiger partial charge in [-0.1, -0.05) is 202 Å². The second-order valence-corrected chi connectivity index (χ2v) is 18.2. The molecule has 59 heavy (non-hydrogen) atoms. The summed E-state index contributed by atoms with van der Waals surface area (Å²) in [6.07, 6.45) is 39.1. The van der Waals surface area contributed by atoms with Crippen molar-refractivity contribution in [2.45, 2.75) is 259 Å². The average molecular weight is 836 g/mol. The minimum Gasteiger partial charge on any atom is -0.466 e. The molecule has 0 saturated carbocycles. The van der Waals surface area contributed by atoms with Crippen LogP contribution in [0, 0.1) is 17.8 Å². The van der Waals surface area contributed by atoms with Gasteiger partial charge in [-0.3, -0.25) is 14.4 Å². The van der Waals surface area contributed by atoms with E-state index in [0.717, 1.165) is 109 Å². The molecular formula is C52H101NO6. The van der Waals surface area contributed by atoms with Gasteiger partial charge in [-0.2, -0.15) is 0 Å². The number of esters is 3. The van der Waals surface area contributed by atoms with Crippen LogP contribution in [-0.4, -0.2) is 62.8 Å². The van der Waals surface area contributed by atoms with E-state index in [1.165, 1.54) is 116 Å². The van der Waals surface area contributed by atoms with Crippen LogP contribution in [0.4, 0.5) is 0 Å². The summed E-state index contributed by atoms with van der Waals surface area (Å²) in [5.41, 5.74) is 0. The van der Waals surface area contributed by atoms with Gasteiger partial charge in [0.15, 0.2) is 0 Å². The van der Waals surface area contributed by atoms with Crippen LogP contribution in [0.2, 0.25) is 0 Å². The standard InChI is InChI=1S/C52H101NO6/c1-7-12-24-33-47(34-25-13-8-2)41-45-57-50(54)39-30-22-18-16-17-20-28-37-49(52(56)59-44-32-43-53(6)11-5)38-29-21-19-23-31-40-51(55)58-46-42-48(35-26-14-9-3)36-27-15-10-4/h47-49H,7-46H2,1-6H3. The number of nitrogens with zero attached hydrogens (tertiary/aromatic N) is 1. The van der Waals surface area contributed by atoms with Crippen molar-refractivity contribution in [3.63, 3.8) is 0 Å².